The van der Waals surface area contributed by atoms with E-state index in [1.165, 1.54) is 0 Å². The Balaban J connectivity index is 1.58. The highest BCUT2D eigenvalue weighted by Crippen LogP contribution is 2.45. The molecule has 1 saturated carbocycles. The summed E-state index contributed by atoms with van der Waals surface area (Å²) in [6, 6.07) is 1.89. The third kappa shape index (κ3) is 4.10. The van der Waals surface area contributed by atoms with Crippen molar-refractivity contribution in [2.24, 2.45) is 11.8 Å². The van der Waals surface area contributed by atoms with Crippen LogP contribution in [0.2, 0.25) is 0 Å². The van der Waals surface area contributed by atoms with Gasteiger partial charge in [0, 0.05) is 12.1 Å². The van der Waals surface area contributed by atoms with Crippen molar-refractivity contribution < 1.29 is 21.6 Å². The maximum absolute atomic E-state index is 12.4. The number of hydrogen-bond acceptors (Lipinski definition) is 5. The molecule has 158 valence electrons. The van der Waals surface area contributed by atoms with Gasteiger partial charge in [0.15, 0.2) is 21.1 Å². The van der Waals surface area contributed by atoms with Crippen LogP contribution >= 0.6 is 0 Å². The van der Waals surface area contributed by atoms with Gasteiger partial charge in [-0.1, -0.05) is 13.3 Å². The molecule has 0 radical (unpaired) electrons. The Bertz CT molecular complexity index is 1120. The molecular weight excluding hydrogens is 407 g/mol. The molecule has 29 heavy (non-hydrogen) atoms. The van der Waals surface area contributed by atoms with Crippen LogP contribution in [-0.2, 0) is 9.84 Å². The minimum Gasteiger partial charge on any atom is -0.345 e. The molecule has 0 spiro atoms. The van der Waals surface area contributed by atoms with E-state index in [1.54, 1.807) is 12.4 Å². The topological polar surface area (TPSA) is 93.0 Å². The number of nitrogens with one attached hydrogen (secondary N) is 1. The zero-order valence-electron chi connectivity index (χ0n) is 15.9. The third-order valence-electron chi connectivity index (χ3n) is 5.80. The molecule has 0 bridgehead atoms. The van der Waals surface area contributed by atoms with Crippen molar-refractivity contribution in [1.29, 1.82) is 0 Å². The highest BCUT2D eigenvalue weighted by atomic mass is 32.2. The van der Waals surface area contributed by atoms with Crippen molar-refractivity contribution in [2.75, 3.05) is 11.5 Å². The molecule has 3 aromatic heterocycles. The largest absolute Gasteiger partial charge is 0.390 e. The minimum absolute atomic E-state index is 0.00156. The Labute approximate surface area is 165 Å². The Kier molecular flexibility index (Phi) is 5.04. The molecular formula is C18H22F3N5O2S. The number of hydrogen-bond donors (Lipinski definition) is 1. The van der Waals surface area contributed by atoms with Gasteiger partial charge < -0.3 is 4.98 Å². The molecule has 1 fully saturated rings. The maximum Gasteiger partial charge on any atom is 0.390 e. The van der Waals surface area contributed by atoms with Crippen LogP contribution in [0.5, 0.6) is 0 Å². The zero-order chi connectivity index (χ0) is 20.8. The number of rotatable bonds is 6. The van der Waals surface area contributed by atoms with Crippen LogP contribution < -0.4 is 0 Å². The highest BCUT2D eigenvalue weighted by Gasteiger charge is 2.39. The number of fused-ring (bicyclic) bond motifs is 3. The first-order chi connectivity index (χ1) is 13.7. The monoisotopic (exact) mass is 429 g/mol. The van der Waals surface area contributed by atoms with E-state index >= 15 is 0 Å². The van der Waals surface area contributed by atoms with Gasteiger partial charge in [-0.15, -0.1) is 10.2 Å². The summed E-state index contributed by atoms with van der Waals surface area (Å²) in [7, 11) is -3.77. The molecule has 0 aliphatic heterocycles. The number of alkyl halides is 3. The van der Waals surface area contributed by atoms with Crippen LogP contribution in [0.1, 0.15) is 44.3 Å². The lowest BCUT2D eigenvalue weighted by atomic mass is 9.93. The molecule has 3 heterocycles. The molecule has 0 aromatic carbocycles. The quantitative estimate of drug-likeness (QED) is 0.647. The predicted molar refractivity (Wildman–Crippen MR) is 101 cm³/mol. The Morgan fingerprint density at radius 1 is 1.28 bits per heavy atom. The predicted octanol–water partition coefficient (Wildman–Crippen LogP) is 3.49. The fourth-order valence-corrected chi connectivity index (χ4v) is 6.20. The second-order valence-electron chi connectivity index (χ2n) is 7.81. The Hall–Kier alpha value is -2.17. The van der Waals surface area contributed by atoms with E-state index in [0.717, 1.165) is 17.8 Å². The SMILES string of the molecule is CC[C@@H]1C[C@H](CS(=O)(=O)CCC(F)(F)F)C[C@@H]1c1nnc2cnc3[nH]ccc3n12. The lowest BCUT2D eigenvalue weighted by Crippen LogP contribution is -2.22. The molecule has 1 aliphatic carbocycles. The standard InChI is InChI=1S/C18H22F3N5O2S/c1-2-12-7-11(10-29(27,28)6-4-18(19,20)21)8-13(12)17-25-24-15-9-23-16-14(26(15)17)3-5-22-16/h3,5,9,11-13,22H,2,4,6-8,10H2,1H3/t11-,12+,13-/m0/s1. The van der Waals surface area contributed by atoms with Crippen LogP contribution in [0.4, 0.5) is 13.2 Å². The van der Waals surface area contributed by atoms with Crippen molar-refractivity contribution in [3.8, 4) is 0 Å². The molecule has 4 rings (SSSR count). The first kappa shape index (κ1) is 20.1. The third-order valence-corrected chi connectivity index (χ3v) is 7.61. The van der Waals surface area contributed by atoms with E-state index in [9.17, 15) is 21.6 Å². The number of aromatic nitrogens is 5. The van der Waals surface area contributed by atoms with E-state index in [1.807, 2.05) is 17.4 Å². The fourth-order valence-electron chi connectivity index (χ4n) is 4.50. The van der Waals surface area contributed by atoms with E-state index in [2.05, 4.69) is 20.2 Å². The average molecular weight is 429 g/mol. The van der Waals surface area contributed by atoms with Gasteiger partial charge in [0.05, 0.1) is 29.6 Å². The fraction of sp³-hybridized carbons (Fsp3) is 0.611. The molecule has 3 atom stereocenters. The van der Waals surface area contributed by atoms with E-state index < -0.39 is 28.2 Å². The highest BCUT2D eigenvalue weighted by molar-refractivity contribution is 7.91. The first-order valence-electron chi connectivity index (χ1n) is 9.61. The normalized spacial score (nSPS) is 23.4. The number of halogens is 3. The average Bonchev–Trinajstić information content (AvgIpc) is 3.35. The van der Waals surface area contributed by atoms with Gasteiger partial charge in [-0.3, -0.25) is 4.40 Å². The van der Waals surface area contributed by atoms with Crippen LogP contribution in [-0.4, -0.2) is 50.7 Å². The lowest BCUT2D eigenvalue weighted by molar-refractivity contribution is -0.129. The summed E-state index contributed by atoms with van der Waals surface area (Å²) in [5.41, 5.74) is 2.16. The Morgan fingerprint density at radius 2 is 2.07 bits per heavy atom. The van der Waals surface area contributed by atoms with Crippen molar-refractivity contribution >= 4 is 26.6 Å². The first-order valence-corrected chi connectivity index (χ1v) is 11.4. The van der Waals surface area contributed by atoms with Crippen LogP contribution in [0.15, 0.2) is 18.5 Å². The lowest BCUT2D eigenvalue weighted by Gasteiger charge is -2.16. The van der Waals surface area contributed by atoms with Crippen molar-refractivity contribution in [3.05, 3.63) is 24.3 Å². The summed E-state index contributed by atoms with van der Waals surface area (Å²) >= 11 is 0. The zero-order valence-corrected chi connectivity index (χ0v) is 16.7. The Morgan fingerprint density at radius 3 is 2.79 bits per heavy atom. The van der Waals surface area contributed by atoms with Gasteiger partial charge >= 0.3 is 6.18 Å². The van der Waals surface area contributed by atoms with Crippen LogP contribution in [0.25, 0.3) is 16.8 Å². The number of H-pyrrole nitrogens is 1. The van der Waals surface area contributed by atoms with Gasteiger partial charge in [-0.05, 0) is 30.7 Å². The molecule has 0 saturated heterocycles. The van der Waals surface area contributed by atoms with E-state index in [4.69, 9.17) is 0 Å². The molecule has 7 nitrogen and oxygen atoms in total. The van der Waals surface area contributed by atoms with Crippen LogP contribution in [0.3, 0.4) is 0 Å². The molecule has 0 unspecified atom stereocenters. The second kappa shape index (κ2) is 7.26. The van der Waals surface area contributed by atoms with Crippen LogP contribution in [0, 0.1) is 11.8 Å². The summed E-state index contributed by atoms with van der Waals surface area (Å²) in [5.74, 6) is -0.287. The van der Waals surface area contributed by atoms with Gasteiger partial charge in [0.1, 0.15) is 5.82 Å². The van der Waals surface area contributed by atoms with Gasteiger partial charge in [0.2, 0.25) is 0 Å². The number of aromatic amines is 1. The minimum atomic E-state index is -4.46. The second-order valence-corrected chi connectivity index (χ2v) is 10.0. The van der Waals surface area contributed by atoms with E-state index in [0.29, 0.717) is 24.1 Å². The van der Waals surface area contributed by atoms with Gasteiger partial charge in [-0.25, -0.2) is 13.4 Å². The molecule has 11 heteroatoms. The summed E-state index contributed by atoms with van der Waals surface area (Å²) in [5, 5.41) is 8.58. The van der Waals surface area contributed by atoms with E-state index in [-0.39, 0.29) is 23.5 Å². The summed E-state index contributed by atoms with van der Waals surface area (Å²) in [6.07, 6.45) is -0.293. The van der Waals surface area contributed by atoms with Crippen molar-refractivity contribution in [1.82, 2.24) is 24.6 Å². The maximum atomic E-state index is 12.4. The molecule has 1 N–H and O–H groups in total. The smallest absolute Gasteiger partial charge is 0.345 e. The van der Waals surface area contributed by atoms with Crippen molar-refractivity contribution in [2.45, 2.75) is 44.7 Å². The molecule has 0 amide bonds. The molecule has 3 aromatic rings. The van der Waals surface area contributed by atoms with Crippen molar-refractivity contribution in [3.63, 3.8) is 0 Å². The van der Waals surface area contributed by atoms with Gasteiger partial charge in [0.25, 0.3) is 0 Å². The summed E-state index contributed by atoms with van der Waals surface area (Å²) in [4.78, 5) is 7.35. The summed E-state index contributed by atoms with van der Waals surface area (Å²) in [6.45, 7) is 2.04. The molecule has 1 aliphatic rings. The summed E-state index contributed by atoms with van der Waals surface area (Å²) < 4.78 is 63.7. The number of sulfone groups is 1. The van der Waals surface area contributed by atoms with Gasteiger partial charge in [-0.2, -0.15) is 13.2 Å². The number of nitrogens with zero attached hydrogens (tertiary/aromatic N) is 4.